The van der Waals surface area contributed by atoms with E-state index in [4.69, 9.17) is 0 Å². The molecule has 4 nitrogen and oxygen atoms in total. The van der Waals surface area contributed by atoms with Crippen molar-refractivity contribution in [2.45, 2.75) is 37.1 Å². The van der Waals surface area contributed by atoms with Gasteiger partial charge in [0.2, 0.25) is 10.0 Å². The van der Waals surface area contributed by atoms with E-state index in [-0.39, 0.29) is 0 Å². The van der Waals surface area contributed by atoms with Crippen LogP contribution >= 0.6 is 15.9 Å². The Morgan fingerprint density at radius 2 is 2.15 bits per heavy atom. The first-order chi connectivity index (χ1) is 9.40. The van der Waals surface area contributed by atoms with E-state index in [0.29, 0.717) is 17.5 Å². The maximum atomic E-state index is 12.3. The largest absolute Gasteiger partial charge is 0.302 e. The summed E-state index contributed by atoms with van der Waals surface area (Å²) in [6, 6.07) is 5.40. The van der Waals surface area contributed by atoms with Crippen LogP contribution in [0.2, 0.25) is 0 Å². The molecule has 1 atom stereocenters. The van der Waals surface area contributed by atoms with Crippen molar-refractivity contribution >= 4 is 26.0 Å². The van der Waals surface area contributed by atoms with Gasteiger partial charge in [-0.2, -0.15) is 0 Å². The van der Waals surface area contributed by atoms with Gasteiger partial charge < -0.3 is 4.90 Å². The first-order valence-corrected chi connectivity index (χ1v) is 9.14. The molecule has 1 heterocycles. The molecule has 1 aliphatic heterocycles. The van der Waals surface area contributed by atoms with Crippen LogP contribution in [0.15, 0.2) is 27.6 Å². The molecule has 0 aromatic heterocycles. The first kappa shape index (κ1) is 15.9. The molecule has 1 aliphatic rings. The number of nitrogens with zero attached hydrogens (tertiary/aromatic N) is 1. The van der Waals surface area contributed by atoms with Gasteiger partial charge in [-0.25, -0.2) is 13.1 Å². The van der Waals surface area contributed by atoms with E-state index in [1.165, 1.54) is 12.8 Å². The summed E-state index contributed by atoms with van der Waals surface area (Å²) in [4.78, 5) is 2.57. The van der Waals surface area contributed by atoms with Crippen molar-refractivity contribution in [3.63, 3.8) is 0 Å². The number of benzene rings is 1. The number of piperidine rings is 1. The van der Waals surface area contributed by atoms with Crippen molar-refractivity contribution < 1.29 is 8.42 Å². The Bertz CT molecular complexity index is 575. The van der Waals surface area contributed by atoms with Gasteiger partial charge in [0.1, 0.15) is 0 Å². The van der Waals surface area contributed by atoms with Gasteiger partial charge in [-0.1, -0.05) is 22.4 Å². The Morgan fingerprint density at radius 3 is 2.80 bits per heavy atom. The molecule has 0 aliphatic carbocycles. The van der Waals surface area contributed by atoms with Crippen LogP contribution in [0, 0.1) is 6.92 Å². The van der Waals surface area contributed by atoms with E-state index >= 15 is 0 Å². The zero-order valence-electron chi connectivity index (χ0n) is 11.9. The predicted octanol–water partition coefficient (Wildman–Crippen LogP) is 2.52. The van der Waals surface area contributed by atoms with Crippen LogP contribution in [0.1, 0.15) is 24.8 Å². The molecule has 0 bridgehead atoms. The fourth-order valence-corrected chi connectivity index (χ4v) is 3.88. The normalized spacial score (nSPS) is 21.1. The zero-order chi connectivity index (χ0) is 14.8. The minimum absolute atomic E-state index is 0.301. The highest BCUT2D eigenvalue weighted by molar-refractivity contribution is 9.10. The molecular weight excluding hydrogens is 340 g/mol. The fourth-order valence-electron chi connectivity index (χ4n) is 2.48. The zero-order valence-corrected chi connectivity index (χ0v) is 14.3. The maximum Gasteiger partial charge on any atom is 0.240 e. The third kappa shape index (κ3) is 3.81. The standard InChI is InChI=1S/C14H21BrN2O2S/c1-11-9-13(6-7-14(11)15)20(18,19)16-10-12-5-3-4-8-17(12)2/h6-7,9,12,16H,3-5,8,10H2,1-2H3. The van der Waals surface area contributed by atoms with Gasteiger partial charge in [-0.05, 0) is 57.1 Å². The number of hydrogen-bond donors (Lipinski definition) is 1. The average molecular weight is 361 g/mol. The second-order valence-electron chi connectivity index (χ2n) is 5.39. The SMILES string of the molecule is Cc1cc(S(=O)(=O)NCC2CCCCN2C)ccc1Br. The van der Waals surface area contributed by atoms with Crippen LogP contribution < -0.4 is 4.72 Å². The van der Waals surface area contributed by atoms with E-state index in [9.17, 15) is 8.42 Å². The summed E-state index contributed by atoms with van der Waals surface area (Å²) >= 11 is 3.38. The monoisotopic (exact) mass is 360 g/mol. The van der Waals surface area contributed by atoms with E-state index in [0.717, 1.165) is 23.0 Å². The first-order valence-electron chi connectivity index (χ1n) is 6.86. The molecule has 0 spiro atoms. The van der Waals surface area contributed by atoms with Crippen LogP contribution in [0.3, 0.4) is 0 Å². The molecule has 112 valence electrons. The molecule has 0 amide bonds. The third-order valence-electron chi connectivity index (χ3n) is 3.87. The van der Waals surface area contributed by atoms with Crippen LogP contribution in [-0.4, -0.2) is 39.5 Å². The summed E-state index contributed by atoms with van der Waals surface area (Å²) in [7, 11) is -1.36. The second kappa shape index (κ2) is 6.56. The Labute approximate surface area is 129 Å². The van der Waals surface area contributed by atoms with Crippen LogP contribution in [0.4, 0.5) is 0 Å². The van der Waals surface area contributed by atoms with Crippen molar-refractivity contribution in [3.8, 4) is 0 Å². The lowest BCUT2D eigenvalue weighted by atomic mass is 10.0. The highest BCUT2D eigenvalue weighted by Crippen LogP contribution is 2.20. The van der Waals surface area contributed by atoms with Gasteiger partial charge in [0.15, 0.2) is 0 Å². The summed E-state index contributed by atoms with van der Waals surface area (Å²) in [5.41, 5.74) is 0.919. The summed E-state index contributed by atoms with van der Waals surface area (Å²) in [5.74, 6) is 0. The average Bonchev–Trinajstić information content (AvgIpc) is 2.41. The molecule has 6 heteroatoms. The van der Waals surface area contributed by atoms with Crippen molar-refractivity contribution in [2.24, 2.45) is 0 Å². The third-order valence-corrected chi connectivity index (χ3v) is 6.18. The van der Waals surface area contributed by atoms with E-state index in [2.05, 4.69) is 32.6 Å². The number of aryl methyl sites for hydroxylation is 1. The number of likely N-dealkylation sites (tertiary alicyclic amines) is 1. The molecule has 0 radical (unpaired) electrons. The topological polar surface area (TPSA) is 49.4 Å². The minimum Gasteiger partial charge on any atom is -0.302 e. The van der Waals surface area contributed by atoms with Gasteiger partial charge in [0.05, 0.1) is 4.90 Å². The van der Waals surface area contributed by atoms with Crippen molar-refractivity contribution in [2.75, 3.05) is 20.1 Å². The van der Waals surface area contributed by atoms with E-state index in [1.807, 2.05) is 6.92 Å². The molecule has 1 N–H and O–H groups in total. The Hall–Kier alpha value is -0.430. The van der Waals surface area contributed by atoms with Gasteiger partial charge in [0, 0.05) is 17.1 Å². The van der Waals surface area contributed by atoms with Gasteiger partial charge in [0.25, 0.3) is 0 Å². The van der Waals surface area contributed by atoms with E-state index < -0.39 is 10.0 Å². The second-order valence-corrected chi connectivity index (χ2v) is 8.01. The number of rotatable bonds is 4. The molecule has 1 aromatic rings. The maximum absolute atomic E-state index is 12.3. The van der Waals surface area contributed by atoms with Crippen molar-refractivity contribution in [3.05, 3.63) is 28.2 Å². The summed E-state index contributed by atoms with van der Waals surface area (Å²) < 4.78 is 28.3. The number of sulfonamides is 1. The molecule has 1 fully saturated rings. The molecule has 20 heavy (non-hydrogen) atoms. The minimum atomic E-state index is -3.42. The van der Waals surface area contributed by atoms with Gasteiger partial charge in [-0.15, -0.1) is 0 Å². The lowest BCUT2D eigenvalue weighted by Crippen LogP contribution is -2.44. The predicted molar refractivity (Wildman–Crippen MR) is 84.3 cm³/mol. The molecule has 0 saturated carbocycles. The number of halogens is 1. The Kier molecular flexibility index (Phi) is 5.23. The number of hydrogen-bond acceptors (Lipinski definition) is 3. The molecule has 1 unspecified atom stereocenters. The highest BCUT2D eigenvalue weighted by Gasteiger charge is 2.22. The smallest absolute Gasteiger partial charge is 0.240 e. The lowest BCUT2D eigenvalue weighted by molar-refractivity contribution is 0.187. The molecular formula is C14H21BrN2O2S. The summed E-state index contributed by atoms with van der Waals surface area (Å²) in [5, 5.41) is 0. The van der Waals surface area contributed by atoms with Gasteiger partial charge >= 0.3 is 0 Å². The highest BCUT2D eigenvalue weighted by atomic mass is 79.9. The lowest BCUT2D eigenvalue weighted by Gasteiger charge is -2.32. The molecule has 2 rings (SSSR count). The van der Waals surface area contributed by atoms with E-state index in [1.54, 1.807) is 18.2 Å². The van der Waals surface area contributed by atoms with Crippen molar-refractivity contribution in [1.29, 1.82) is 0 Å². The fraction of sp³-hybridized carbons (Fsp3) is 0.571. The van der Waals surface area contributed by atoms with Crippen LogP contribution in [0.5, 0.6) is 0 Å². The Morgan fingerprint density at radius 1 is 1.40 bits per heavy atom. The van der Waals surface area contributed by atoms with Gasteiger partial charge in [-0.3, -0.25) is 0 Å². The van der Waals surface area contributed by atoms with Crippen LogP contribution in [-0.2, 0) is 10.0 Å². The number of nitrogens with one attached hydrogen (secondary N) is 1. The summed E-state index contributed by atoms with van der Waals surface area (Å²) in [6.07, 6.45) is 3.43. The Balaban J connectivity index is 2.05. The van der Waals surface area contributed by atoms with Crippen LogP contribution in [0.25, 0.3) is 0 Å². The summed E-state index contributed by atoms with van der Waals surface area (Å²) in [6.45, 7) is 3.41. The molecule has 1 saturated heterocycles. The quantitative estimate of drug-likeness (QED) is 0.897. The molecule has 1 aromatic carbocycles. The number of likely N-dealkylation sites (N-methyl/N-ethyl adjacent to an activating group) is 1. The van der Waals surface area contributed by atoms with Crippen molar-refractivity contribution in [1.82, 2.24) is 9.62 Å².